The second kappa shape index (κ2) is 13.3. The first-order valence-corrected chi connectivity index (χ1v) is 12.6. The number of methoxy groups -OCH3 is 2. The van der Waals surface area contributed by atoms with E-state index in [9.17, 15) is 14.9 Å². The van der Waals surface area contributed by atoms with Gasteiger partial charge in [0, 0.05) is 51.0 Å². The fourth-order valence-electron chi connectivity index (χ4n) is 5.08. The number of hydrogen-bond acceptors (Lipinski definition) is 7. The largest absolute Gasteiger partial charge is 0.497 e. The minimum absolute atomic E-state index is 0. The van der Waals surface area contributed by atoms with E-state index in [-0.39, 0.29) is 30.9 Å². The standard InChI is InChI=1S/C27H35N3O6.CH4/c1-34-22-5-3-20(4-6-22)21-9-14-28(15-10-21)16-13-27(31)29-17-11-23(12-18-29)36-24-7-8-25(30(32)33)26(19-24)35-2;/h3-8,19,21,23H,9-18H2,1-2H3;1H4. The van der Waals surface area contributed by atoms with Crippen LogP contribution in [0.1, 0.15) is 51.0 Å². The monoisotopic (exact) mass is 513 g/mol. The van der Waals surface area contributed by atoms with Gasteiger partial charge in [0.25, 0.3) is 0 Å². The molecule has 2 aromatic carbocycles. The average molecular weight is 514 g/mol. The molecule has 0 aromatic heterocycles. The quantitative estimate of drug-likeness (QED) is 0.348. The highest BCUT2D eigenvalue weighted by molar-refractivity contribution is 5.76. The molecule has 0 bridgehead atoms. The van der Waals surface area contributed by atoms with Gasteiger partial charge in [0.1, 0.15) is 17.6 Å². The normalized spacial score (nSPS) is 17.1. The van der Waals surface area contributed by atoms with Crippen LogP contribution in [0.25, 0.3) is 0 Å². The number of likely N-dealkylation sites (tertiary alicyclic amines) is 2. The van der Waals surface area contributed by atoms with Gasteiger partial charge in [-0.2, -0.15) is 0 Å². The highest BCUT2D eigenvalue weighted by Gasteiger charge is 2.26. The van der Waals surface area contributed by atoms with Crippen LogP contribution in [0.3, 0.4) is 0 Å². The lowest BCUT2D eigenvalue weighted by atomic mass is 9.89. The minimum Gasteiger partial charge on any atom is -0.497 e. The SMILES string of the molecule is C.COc1ccc(C2CCN(CCC(=O)N3CCC(Oc4ccc([N+](=O)[O-])c(OC)c4)CC3)CC2)cc1. The second-order valence-corrected chi connectivity index (χ2v) is 9.43. The Labute approximate surface area is 219 Å². The molecule has 0 spiro atoms. The Morgan fingerprint density at radius 1 is 0.946 bits per heavy atom. The van der Waals surface area contributed by atoms with Crippen LogP contribution in [-0.2, 0) is 4.79 Å². The highest BCUT2D eigenvalue weighted by atomic mass is 16.6. The van der Waals surface area contributed by atoms with Crippen molar-refractivity contribution in [3.63, 3.8) is 0 Å². The topological polar surface area (TPSA) is 94.4 Å². The third-order valence-corrected chi connectivity index (χ3v) is 7.26. The molecule has 2 saturated heterocycles. The fourth-order valence-corrected chi connectivity index (χ4v) is 5.08. The van der Waals surface area contributed by atoms with E-state index in [4.69, 9.17) is 14.2 Å². The fraction of sp³-hybridized carbons (Fsp3) is 0.536. The van der Waals surface area contributed by atoms with Gasteiger partial charge >= 0.3 is 5.69 Å². The predicted octanol–water partition coefficient (Wildman–Crippen LogP) is 4.89. The van der Waals surface area contributed by atoms with Crippen molar-refractivity contribution < 1.29 is 23.9 Å². The van der Waals surface area contributed by atoms with E-state index in [2.05, 4.69) is 17.0 Å². The summed E-state index contributed by atoms with van der Waals surface area (Å²) in [6, 6.07) is 12.9. The molecule has 2 heterocycles. The van der Waals surface area contributed by atoms with E-state index < -0.39 is 4.92 Å². The van der Waals surface area contributed by atoms with Crippen molar-refractivity contribution >= 4 is 11.6 Å². The van der Waals surface area contributed by atoms with Gasteiger partial charge in [0.15, 0.2) is 0 Å². The molecule has 0 unspecified atom stereocenters. The Balaban J connectivity index is 0.00000380. The van der Waals surface area contributed by atoms with Crippen LogP contribution in [0.2, 0.25) is 0 Å². The summed E-state index contributed by atoms with van der Waals surface area (Å²) >= 11 is 0. The Kier molecular flexibility index (Phi) is 10.1. The zero-order valence-corrected chi connectivity index (χ0v) is 21.1. The van der Waals surface area contributed by atoms with Crippen LogP contribution in [0.15, 0.2) is 42.5 Å². The van der Waals surface area contributed by atoms with Gasteiger partial charge < -0.3 is 24.0 Å². The molecule has 9 nitrogen and oxygen atoms in total. The summed E-state index contributed by atoms with van der Waals surface area (Å²) in [5, 5.41) is 11.1. The number of carbonyl (C=O) groups is 1. The van der Waals surface area contributed by atoms with E-state index in [0.29, 0.717) is 31.2 Å². The minimum atomic E-state index is -0.476. The van der Waals surface area contributed by atoms with Crippen LogP contribution in [0.5, 0.6) is 17.2 Å². The molecule has 1 amide bonds. The summed E-state index contributed by atoms with van der Waals surface area (Å²) in [7, 11) is 3.09. The van der Waals surface area contributed by atoms with Gasteiger partial charge in [0.05, 0.1) is 19.1 Å². The molecular weight excluding hydrogens is 474 g/mol. The number of nitrogens with zero attached hydrogens (tertiary/aromatic N) is 3. The summed E-state index contributed by atoms with van der Waals surface area (Å²) in [6.07, 6.45) is 4.19. The Bertz CT molecular complexity index is 1030. The Morgan fingerprint density at radius 3 is 2.19 bits per heavy atom. The number of ether oxygens (including phenoxy) is 3. The Morgan fingerprint density at radius 2 is 1.59 bits per heavy atom. The van der Waals surface area contributed by atoms with Crippen LogP contribution in [0, 0.1) is 10.1 Å². The summed E-state index contributed by atoms with van der Waals surface area (Å²) in [5.41, 5.74) is 1.28. The van der Waals surface area contributed by atoms with Gasteiger partial charge in [-0.25, -0.2) is 0 Å². The summed E-state index contributed by atoms with van der Waals surface area (Å²) < 4.78 is 16.4. The van der Waals surface area contributed by atoms with Crippen molar-refractivity contribution in [2.24, 2.45) is 0 Å². The molecule has 0 radical (unpaired) electrons. The third kappa shape index (κ3) is 7.35. The molecule has 2 fully saturated rings. The van der Waals surface area contributed by atoms with Crippen LogP contribution >= 0.6 is 0 Å². The molecule has 2 aliphatic rings. The van der Waals surface area contributed by atoms with Gasteiger partial charge in [0.2, 0.25) is 11.7 Å². The van der Waals surface area contributed by atoms with Gasteiger partial charge in [-0.3, -0.25) is 14.9 Å². The first-order valence-electron chi connectivity index (χ1n) is 12.6. The van der Waals surface area contributed by atoms with Gasteiger partial charge in [-0.1, -0.05) is 19.6 Å². The predicted molar refractivity (Wildman–Crippen MR) is 143 cm³/mol. The number of nitro benzene ring substituents is 1. The molecule has 0 N–H and O–H groups in total. The molecule has 4 rings (SSSR count). The number of piperidine rings is 2. The molecule has 0 saturated carbocycles. The third-order valence-electron chi connectivity index (χ3n) is 7.26. The van der Waals surface area contributed by atoms with E-state index in [1.54, 1.807) is 19.2 Å². The van der Waals surface area contributed by atoms with Crippen molar-refractivity contribution in [2.75, 3.05) is 46.9 Å². The average Bonchev–Trinajstić information content (AvgIpc) is 2.92. The second-order valence-electron chi connectivity index (χ2n) is 9.43. The van der Waals surface area contributed by atoms with Crippen molar-refractivity contribution in [1.82, 2.24) is 9.80 Å². The molecule has 2 aliphatic heterocycles. The molecule has 202 valence electrons. The maximum absolute atomic E-state index is 12.8. The molecule has 2 aromatic rings. The molecule has 37 heavy (non-hydrogen) atoms. The number of carbonyl (C=O) groups excluding carboxylic acids is 1. The summed E-state index contributed by atoms with van der Waals surface area (Å²) in [4.78, 5) is 27.7. The zero-order chi connectivity index (χ0) is 25.5. The summed E-state index contributed by atoms with van der Waals surface area (Å²) in [6.45, 7) is 4.14. The number of amides is 1. The van der Waals surface area contributed by atoms with Crippen LogP contribution in [-0.4, -0.2) is 73.7 Å². The molecule has 9 heteroatoms. The van der Waals surface area contributed by atoms with E-state index in [0.717, 1.165) is 51.1 Å². The maximum atomic E-state index is 12.8. The van der Waals surface area contributed by atoms with Crippen molar-refractivity contribution in [3.8, 4) is 17.2 Å². The number of rotatable bonds is 9. The molecular formula is C28H39N3O6. The lowest BCUT2D eigenvalue weighted by Crippen LogP contribution is -2.43. The van der Waals surface area contributed by atoms with E-state index >= 15 is 0 Å². The molecule has 0 atom stereocenters. The van der Waals surface area contributed by atoms with Crippen molar-refractivity contribution in [3.05, 3.63) is 58.1 Å². The first-order chi connectivity index (χ1) is 17.5. The summed E-state index contributed by atoms with van der Waals surface area (Å²) in [5.74, 6) is 2.37. The van der Waals surface area contributed by atoms with Gasteiger partial charge in [-0.15, -0.1) is 0 Å². The van der Waals surface area contributed by atoms with Crippen LogP contribution in [0.4, 0.5) is 5.69 Å². The highest BCUT2D eigenvalue weighted by Crippen LogP contribution is 2.32. The number of nitro groups is 1. The first kappa shape index (κ1) is 28.2. The Hall–Kier alpha value is -3.33. The number of benzene rings is 2. The lowest BCUT2D eigenvalue weighted by Gasteiger charge is -2.34. The van der Waals surface area contributed by atoms with Crippen molar-refractivity contribution in [2.45, 2.75) is 51.6 Å². The lowest BCUT2D eigenvalue weighted by molar-refractivity contribution is -0.385. The zero-order valence-electron chi connectivity index (χ0n) is 21.1. The van der Waals surface area contributed by atoms with E-state index in [1.807, 2.05) is 17.0 Å². The van der Waals surface area contributed by atoms with Crippen molar-refractivity contribution in [1.29, 1.82) is 0 Å². The maximum Gasteiger partial charge on any atom is 0.311 e. The van der Waals surface area contributed by atoms with Gasteiger partial charge in [-0.05, 0) is 55.6 Å². The molecule has 0 aliphatic carbocycles. The number of hydrogen-bond donors (Lipinski definition) is 0. The van der Waals surface area contributed by atoms with E-state index in [1.165, 1.54) is 18.7 Å². The van der Waals surface area contributed by atoms with Crippen LogP contribution < -0.4 is 14.2 Å². The smallest absolute Gasteiger partial charge is 0.311 e.